The standard InChI is InChI=1S/C14H7BrClFN4O2S/c15-4-9-10(14(22)23)11(7-2-1-6(17)3-8(7)16)20-12(19-9)13-21-18-5-24-13/h1-3,5H,4H2,(H,22,23). The van der Waals surface area contributed by atoms with E-state index in [1.807, 2.05) is 0 Å². The number of aromatic nitrogens is 4. The molecule has 3 aromatic rings. The zero-order chi connectivity index (χ0) is 17.3. The third-order valence-corrected chi connectivity index (χ3v) is 4.59. The molecule has 2 aromatic heterocycles. The second kappa shape index (κ2) is 6.88. The minimum absolute atomic E-state index is 0.0555. The normalized spacial score (nSPS) is 10.8. The maximum atomic E-state index is 13.3. The van der Waals surface area contributed by atoms with Crippen molar-refractivity contribution in [2.45, 2.75) is 5.33 Å². The van der Waals surface area contributed by atoms with Gasteiger partial charge in [0.15, 0.2) is 10.8 Å². The van der Waals surface area contributed by atoms with E-state index in [9.17, 15) is 14.3 Å². The topological polar surface area (TPSA) is 88.9 Å². The van der Waals surface area contributed by atoms with Crippen LogP contribution in [0.5, 0.6) is 0 Å². The number of benzene rings is 1. The first kappa shape index (κ1) is 16.9. The predicted molar refractivity (Wildman–Crippen MR) is 90.9 cm³/mol. The van der Waals surface area contributed by atoms with E-state index in [1.54, 1.807) is 0 Å². The van der Waals surface area contributed by atoms with Crippen molar-refractivity contribution in [1.29, 1.82) is 0 Å². The largest absolute Gasteiger partial charge is 0.478 e. The molecule has 0 amide bonds. The van der Waals surface area contributed by atoms with Crippen LogP contribution in [0.25, 0.3) is 22.1 Å². The summed E-state index contributed by atoms with van der Waals surface area (Å²) in [5, 5.41) is 17.9. The van der Waals surface area contributed by atoms with E-state index in [-0.39, 0.29) is 33.1 Å². The summed E-state index contributed by atoms with van der Waals surface area (Å²) < 4.78 is 13.3. The Morgan fingerprint density at radius 2 is 2.17 bits per heavy atom. The number of carbonyl (C=O) groups is 1. The molecule has 0 fully saturated rings. The van der Waals surface area contributed by atoms with Crippen molar-refractivity contribution >= 4 is 44.8 Å². The van der Waals surface area contributed by atoms with Gasteiger partial charge in [0.2, 0.25) is 0 Å². The third-order valence-electron chi connectivity index (χ3n) is 3.06. The zero-order valence-corrected chi connectivity index (χ0v) is 14.9. The Morgan fingerprint density at radius 3 is 2.75 bits per heavy atom. The summed E-state index contributed by atoms with van der Waals surface area (Å²) in [5.74, 6) is -1.50. The number of hydrogen-bond acceptors (Lipinski definition) is 6. The number of rotatable bonds is 4. The van der Waals surface area contributed by atoms with Crippen molar-refractivity contribution in [2.24, 2.45) is 0 Å². The van der Waals surface area contributed by atoms with Crippen molar-refractivity contribution in [3.8, 4) is 22.1 Å². The highest BCUT2D eigenvalue weighted by Gasteiger charge is 2.24. The lowest BCUT2D eigenvalue weighted by Crippen LogP contribution is -2.10. The van der Waals surface area contributed by atoms with Gasteiger partial charge in [0.25, 0.3) is 0 Å². The maximum absolute atomic E-state index is 13.3. The number of carboxylic acids is 1. The van der Waals surface area contributed by atoms with E-state index in [1.165, 1.54) is 29.0 Å². The molecule has 0 saturated heterocycles. The molecule has 24 heavy (non-hydrogen) atoms. The van der Waals surface area contributed by atoms with Gasteiger partial charge >= 0.3 is 5.97 Å². The first-order chi connectivity index (χ1) is 11.5. The molecule has 0 radical (unpaired) electrons. The molecule has 2 heterocycles. The molecular weight excluding hydrogens is 423 g/mol. The van der Waals surface area contributed by atoms with Gasteiger partial charge in [-0.25, -0.2) is 19.2 Å². The Hall–Kier alpha value is -1.97. The summed E-state index contributed by atoms with van der Waals surface area (Å²) in [5.41, 5.74) is 2.07. The molecule has 122 valence electrons. The van der Waals surface area contributed by atoms with Gasteiger partial charge in [0, 0.05) is 10.9 Å². The minimum Gasteiger partial charge on any atom is -0.478 e. The highest BCUT2D eigenvalue weighted by atomic mass is 79.9. The molecular formula is C14H7BrClFN4O2S. The first-order valence-electron chi connectivity index (χ1n) is 6.43. The van der Waals surface area contributed by atoms with E-state index in [2.05, 4.69) is 36.1 Å². The number of hydrogen-bond donors (Lipinski definition) is 1. The molecule has 0 aliphatic carbocycles. The zero-order valence-electron chi connectivity index (χ0n) is 11.7. The van der Waals surface area contributed by atoms with Gasteiger partial charge in [0.1, 0.15) is 16.9 Å². The highest BCUT2D eigenvalue weighted by molar-refractivity contribution is 9.08. The Balaban J connectivity index is 2.33. The van der Waals surface area contributed by atoms with E-state index in [0.717, 1.165) is 6.07 Å². The van der Waals surface area contributed by atoms with Gasteiger partial charge in [-0.05, 0) is 18.2 Å². The molecule has 1 N–H and O–H groups in total. The van der Waals surface area contributed by atoms with Crippen molar-refractivity contribution in [3.63, 3.8) is 0 Å². The van der Waals surface area contributed by atoms with Crippen molar-refractivity contribution < 1.29 is 14.3 Å². The average molecular weight is 430 g/mol. The molecule has 0 spiro atoms. The van der Waals surface area contributed by atoms with Crippen molar-refractivity contribution in [2.75, 3.05) is 0 Å². The van der Waals surface area contributed by atoms with Gasteiger partial charge in [-0.2, -0.15) is 0 Å². The Bertz CT molecular complexity index is 923. The van der Waals surface area contributed by atoms with Gasteiger partial charge in [-0.1, -0.05) is 38.9 Å². The molecule has 0 unspecified atom stereocenters. The summed E-state index contributed by atoms with van der Waals surface area (Å²) >= 11 is 10.5. The molecule has 10 heteroatoms. The SMILES string of the molecule is O=C(O)c1c(CBr)nc(-c2nncs2)nc1-c1ccc(F)cc1Cl. The lowest BCUT2D eigenvalue weighted by molar-refractivity contribution is 0.0696. The predicted octanol–water partition coefficient (Wildman–Crippen LogP) is 4.05. The summed E-state index contributed by atoms with van der Waals surface area (Å²) in [6, 6.07) is 3.67. The third kappa shape index (κ3) is 3.14. The van der Waals surface area contributed by atoms with Gasteiger partial charge in [-0.3, -0.25) is 0 Å². The monoisotopic (exact) mass is 428 g/mol. The Labute approximate surface area is 152 Å². The van der Waals surface area contributed by atoms with Crippen LogP contribution in [0.2, 0.25) is 5.02 Å². The number of alkyl halides is 1. The molecule has 0 saturated carbocycles. The van der Waals surface area contributed by atoms with Crippen LogP contribution >= 0.6 is 38.9 Å². The van der Waals surface area contributed by atoms with Crippen molar-refractivity contribution in [1.82, 2.24) is 20.2 Å². The molecule has 0 aliphatic heterocycles. The van der Waals surface area contributed by atoms with Crippen molar-refractivity contribution in [3.05, 3.63) is 45.8 Å². The van der Waals surface area contributed by atoms with Gasteiger partial charge < -0.3 is 5.11 Å². The second-order valence-electron chi connectivity index (χ2n) is 4.52. The average Bonchev–Trinajstić information content (AvgIpc) is 3.08. The van der Waals surface area contributed by atoms with E-state index < -0.39 is 11.8 Å². The quantitative estimate of drug-likeness (QED) is 0.630. The van der Waals surface area contributed by atoms with E-state index in [0.29, 0.717) is 10.6 Å². The fourth-order valence-corrected chi connectivity index (χ4v) is 3.22. The number of halogens is 3. The summed E-state index contributed by atoms with van der Waals surface area (Å²) in [7, 11) is 0. The lowest BCUT2D eigenvalue weighted by Gasteiger charge is -2.12. The fourth-order valence-electron chi connectivity index (χ4n) is 2.07. The first-order valence-corrected chi connectivity index (χ1v) is 8.81. The molecule has 0 aliphatic rings. The molecule has 0 bridgehead atoms. The maximum Gasteiger partial charge on any atom is 0.339 e. The molecule has 0 atom stereocenters. The van der Waals surface area contributed by atoms with Crippen LogP contribution in [-0.2, 0) is 5.33 Å². The van der Waals surface area contributed by atoms with E-state index >= 15 is 0 Å². The lowest BCUT2D eigenvalue weighted by atomic mass is 10.0. The van der Waals surface area contributed by atoms with Crippen LogP contribution in [0, 0.1) is 5.82 Å². The molecule has 6 nitrogen and oxygen atoms in total. The summed E-state index contributed by atoms with van der Waals surface area (Å²) in [4.78, 5) is 20.2. The molecule has 1 aromatic carbocycles. The Kier molecular flexibility index (Phi) is 4.83. The summed E-state index contributed by atoms with van der Waals surface area (Å²) in [6.45, 7) is 0. The summed E-state index contributed by atoms with van der Waals surface area (Å²) in [6.07, 6.45) is 0. The van der Waals surface area contributed by atoms with Gasteiger partial charge in [0.05, 0.1) is 16.4 Å². The number of aromatic carboxylic acids is 1. The second-order valence-corrected chi connectivity index (χ2v) is 6.33. The smallest absolute Gasteiger partial charge is 0.339 e. The van der Waals surface area contributed by atoms with Gasteiger partial charge in [-0.15, -0.1) is 10.2 Å². The number of nitrogens with zero attached hydrogens (tertiary/aromatic N) is 4. The van der Waals surface area contributed by atoms with Crippen LogP contribution in [0.15, 0.2) is 23.7 Å². The van der Waals surface area contributed by atoms with Crippen LogP contribution in [-0.4, -0.2) is 31.2 Å². The van der Waals surface area contributed by atoms with Crippen LogP contribution in [0.1, 0.15) is 16.1 Å². The minimum atomic E-state index is -1.20. The Morgan fingerprint density at radius 1 is 1.38 bits per heavy atom. The van der Waals surface area contributed by atoms with Crippen LogP contribution in [0.4, 0.5) is 4.39 Å². The van der Waals surface area contributed by atoms with Crippen LogP contribution in [0.3, 0.4) is 0 Å². The fraction of sp³-hybridized carbons (Fsp3) is 0.0714. The highest BCUT2D eigenvalue weighted by Crippen LogP contribution is 2.33. The number of carboxylic acid groups (broad SMARTS) is 1. The van der Waals surface area contributed by atoms with E-state index in [4.69, 9.17) is 11.6 Å². The van der Waals surface area contributed by atoms with Crippen LogP contribution < -0.4 is 0 Å². The molecule has 3 rings (SSSR count).